The summed E-state index contributed by atoms with van der Waals surface area (Å²) in [5, 5.41) is 3.72. The van der Waals surface area contributed by atoms with Crippen LogP contribution in [0, 0.1) is 0 Å². The van der Waals surface area contributed by atoms with Gasteiger partial charge in [-0.25, -0.2) is 0 Å². The van der Waals surface area contributed by atoms with E-state index in [1.165, 1.54) is 37.8 Å². The zero-order chi connectivity index (χ0) is 12.4. The minimum absolute atomic E-state index is 0.555. The number of nitrogens with zero attached hydrogens (tertiary/aromatic N) is 1. The van der Waals surface area contributed by atoms with Gasteiger partial charge in [-0.05, 0) is 25.3 Å². The zero-order valence-electron chi connectivity index (χ0n) is 11.3. The minimum atomic E-state index is 0.555. The van der Waals surface area contributed by atoms with Gasteiger partial charge >= 0.3 is 0 Å². The van der Waals surface area contributed by atoms with Crippen molar-refractivity contribution >= 4 is 0 Å². The van der Waals surface area contributed by atoms with E-state index in [0.29, 0.717) is 6.04 Å². The molecule has 0 bridgehead atoms. The summed E-state index contributed by atoms with van der Waals surface area (Å²) >= 11 is 0. The quantitative estimate of drug-likeness (QED) is 0.860. The summed E-state index contributed by atoms with van der Waals surface area (Å²) in [6.07, 6.45) is 5.54. The van der Waals surface area contributed by atoms with E-state index >= 15 is 0 Å². The van der Waals surface area contributed by atoms with Crippen molar-refractivity contribution in [3.05, 3.63) is 35.9 Å². The lowest BCUT2D eigenvalue weighted by Gasteiger charge is -2.47. The predicted molar refractivity (Wildman–Crippen MR) is 75.6 cm³/mol. The molecule has 1 aromatic carbocycles. The number of nitrogens with one attached hydrogen (secondary N) is 1. The summed E-state index contributed by atoms with van der Waals surface area (Å²) in [5.41, 5.74) is 1.46. The van der Waals surface area contributed by atoms with E-state index in [-0.39, 0.29) is 0 Å². The highest BCUT2D eigenvalue weighted by Crippen LogP contribution is 2.31. The predicted octanol–water partition coefficient (Wildman–Crippen LogP) is 2.96. The van der Waals surface area contributed by atoms with Crippen LogP contribution in [0.5, 0.6) is 0 Å². The molecule has 0 spiro atoms. The summed E-state index contributed by atoms with van der Waals surface area (Å²) in [6, 6.07) is 13.0. The van der Waals surface area contributed by atoms with Gasteiger partial charge < -0.3 is 5.32 Å². The lowest BCUT2D eigenvalue weighted by molar-refractivity contribution is 0.0550. The topological polar surface area (TPSA) is 15.3 Å². The maximum atomic E-state index is 3.72. The van der Waals surface area contributed by atoms with Gasteiger partial charge in [-0.1, -0.05) is 43.2 Å². The van der Waals surface area contributed by atoms with Gasteiger partial charge in [-0.3, -0.25) is 4.90 Å². The van der Waals surface area contributed by atoms with Crippen molar-refractivity contribution in [2.45, 2.75) is 50.7 Å². The number of hydrogen-bond donors (Lipinski definition) is 1. The standard InChI is InChI=1S/C16H24N2/c1-13(14-7-3-2-4-8-14)18-12-11-17-15-9-5-6-10-16(15)18/h2-4,7-8,13,15-17H,5-6,9-12H2,1H3/t13-,15+,16-/m0/s1. The van der Waals surface area contributed by atoms with Gasteiger partial charge in [0.2, 0.25) is 0 Å². The molecule has 0 unspecified atom stereocenters. The van der Waals surface area contributed by atoms with Gasteiger partial charge in [0.15, 0.2) is 0 Å². The first-order chi connectivity index (χ1) is 8.86. The fourth-order valence-corrected chi connectivity index (χ4v) is 3.70. The van der Waals surface area contributed by atoms with Crippen LogP contribution in [0.3, 0.4) is 0 Å². The maximum Gasteiger partial charge on any atom is 0.0324 e. The Labute approximate surface area is 110 Å². The SMILES string of the molecule is C[C@@H](c1ccccc1)N1CCN[C@@H]2CCCC[C@@H]21. The highest BCUT2D eigenvalue weighted by atomic mass is 15.3. The van der Waals surface area contributed by atoms with Gasteiger partial charge in [-0.2, -0.15) is 0 Å². The van der Waals surface area contributed by atoms with Crippen LogP contribution < -0.4 is 5.32 Å². The molecule has 1 N–H and O–H groups in total. The first-order valence-electron chi connectivity index (χ1n) is 7.40. The molecule has 3 atom stereocenters. The molecule has 0 radical (unpaired) electrons. The van der Waals surface area contributed by atoms with Crippen molar-refractivity contribution in [1.82, 2.24) is 10.2 Å². The van der Waals surface area contributed by atoms with E-state index in [0.717, 1.165) is 18.6 Å². The van der Waals surface area contributed by atoms with Crippen molar-refractivity contribution in [2.75, 3.05) is 13.1 Å². The van der Waals surface area contributed by atoms with Crippen LogP contribution >= 0.6 is 0 Å². The molecule has 1 saturated carbocycles. The third kappa shape index (κ3) is 2.32. The van der Waals surface area contributed by atoms with Crippen molar-refractivity contribution < 1.29 is 0 Å². The number of piperazine rings is 1. The lowest BCUT2D eigenvalue weighted by atomic mass is 9.86. The molecular weight excluding hydrogens is 220 g/mol. The molecule has 98 valence electrons. The van der Waals surface area contributed by atoms with Gasteiger partial charge in [0.05, 0.1) is 0 Å². The Kier molecular flexibility index (Phi) is 3.67. The molecule has 2 aliphatic rings. The summed E-state index contributed by atoms with van der Waals surface area (Å²) in [5.74, 6) is 0. The molecule has 1 heterocycles. The van der Waals surface area contributed by atoms with E-state index < -0.39 is 0 Å². The Hall–Kier alpha value is -0.860. The molecule has 1 aliphatic heterocycles. The molecule has 2 fully saturated rings. The van der Waals surface area contributed by atoms with Crippen LogP contribution in [-0.4, -0.2) is 30.1 Å². The third-order valence-electron chi connectivity index (χ3n) is 4.71. The lowest BCUT2D eigenvalue weighted by Crippen LogP contribution is -2.59. The monoisotopic (exact) mass is 244 g/mol. The summed E-state index contributed by atoms with van der Waals surface area (Å²) < 4.78 is 0. The van der Waals surface area contributed by atoms with E-state index in [1.54, 1.807) is 0 Å². The Bertz CT molecular complexity index is 374. The van der Waals surface area contributed by atoms with E-state index in [9.17, 15) is 0 Å². The van der Waals surface area contributed by atoms with E-state index in [2.05, 4.69) is 47.5 Å². The van der Waals surface area contributed by atoms with Crippen LogP contribution in [0.2, 0.25) is 0 Å². The van der Waals surface area contributed by atoms with Gasteiger partial charge in [0, 0.05) is 31.2 Å². The number of benzene rings is 1. The van der Waals surface area contributed by atoms with E-state index in [1.807, 2.05) is 0 Å². The first-order valence-corrected chi connectivity index (χ1v) is 7.40. The van der Waals surface area contributed by atoms with Gasteiger partial charge in [-0.15, -0.1) is 0 Å². The fourth-order valence-electron chi connectivity index (χ4n) is 3.70. The molecular formula is C16H24N2. The second kappa shape index (κ2) is 5.41. The molecule has 18 heavy (non-hydrogen) atoms. The number of rotatable bonds is 2. The normalized spacial score (nSPS) is 30.7. The molecule has 1 aliphatic carbocycles. The largest absolute Gasteiger partial charge is 0.311 e. The van der Waals surface area contributed by atoms with E-state index in [4.69, 9.17) is 0 Å². The first kappa shape index (κ1) is 12.2. The second-order valence-corrected chi connectivity index (χ2v) is 5.74. The van der Waals surface area contributed by atoms with Crippen LogP contribution in [0.4, 0.5) is 0 Å². The van der Waals surface area contributed by atoms with Crippen LogP contribution in [0.25, 0.3) is 0 Å². The average molecular weight is 244 g/mol. The summed E-state index contributed by atoms with van der Waals surface area (Å²) in [4.78, 5) is 2.73. The Balaban J connectivity index is 1.77. The Morgan fingerprint density at radius 2 is 1.94 bits per heavy atom. The summed E-state index contributed by atoms with van der Waals surface area (Å²) in [7, 11) is 0. The van der Waals surface area contributed by atoms with Crippen molar-refractivity contribution in [1.29, 1.82) is 0 Å². The molecule has 0 amide bonds. The molecule has 1 aromatic rings. The fraction of sp³-hybridized carbons (Fsp3) is 0.625. The highest BCUT2D eigenvalue weighted by molar-refractivity contribution is 5.19. The second-order valence-electron chi connectivity index (χ2n) is 5.74. The minimum Gasteiger partial charge on any atom is -0.311 e. The molecule has 1 saturated heterocycles. The van der Waals surface area contributed by atoms with Gasteiger partial charge in [0.1, 0.15) is 0 Å². The molecule has 2 heteroatoms. The molecule has 3 rings (SSSR count). The van der Waals surface area contributed by atoms with Crippen LogP contribution in [-0.2, 0) is 0 Å². The smallest absolute Gasteiger partial charge is 0.0324 e. The van der Waals surface area contributed by atoms with Crippen molar-refractivity contribution in [3.8, 4) is 0 Å². The average Bonchev–Trinajstić information content (AvgIpc) is 2.47. The molecule has 0 aromatic heterocycles. The van der Waals surface area contributed by atoms with Crippen molar-refractivity contribution in [3.63, 3.8) is 0 Å². The van der Waals surface area contributed by atoms with Crippen LogP contribution in [0.1, 0.15) is 44.2 Å². The number of fused-ring (bicyclic) bond motifs is 1. The number of hydrogen-bond acceptors (Lipinski definition) is 2. The highest BCUT2D eigenvalue weighted by Gasteiger charge is 2.35. The Morgan fingerprint density at radius 3 is 2.78 bits per heavy atom. The van der Waals surface area contributed by atoms with Crippen LogP contribution in [0.15, 0.2) is 30.3 Å². The van der Waals surface area contributed by atoms with Gasteiger partial charge in [0.25, 0.3) is 0 Å². The third-order valence-corrected chi connectivity index (χ3v) is 4.71. The maximum absolute atomic E-state index is 3.72. The Morgan fingerprint density at radius 1 is 1.17 bits per heavy atom. The zero-order valence-corrected chi connectivity index (χ0v) is 11.3. The molecule has 2 nitrogen and oxygen atoms in total. The van der Waals surface area contributed by atoms with Crippen molar-refractivity contribution in [2.24, 2.45) is 0 Å². The summed E-state index contributed by atoms with van der Waals surface area (Å²) in [6.45, 7) is 4.71.